The zero-order valence-electron chi connectivity index (χ0n) is 12.1. The first-order chi connectivity index (χ1) is 9.18. The number of nitrogens with zero attached hydrogens (tertiary/aromatic N) is 2. The van der Waals surface area contributed by atoms with Gasteiger partial charge < -0.3 is 4.18 Å². The van der Waals surface area contributed by atoms with Crippen molar-refractivity contribution < 1.29 is 17.2 Å². The molecule has 0 amide bonds. The number of benzene rings is 1. The van der Waals surface area contributed by atoms with Gasteiger partial charge >= 0.3 is 10.3 Å². The van der Waals surface area contributed by atoms with Crippen LogP contribution in [0.1, 0.15) is 26.3 Å². The molecule has 0 radical (unpaired) electrons. The standard InChI is InChI=1S/C14H19N2O3S/c1-14(2,3)12-5-7-13(8-6-12)19-20(17,18)16-10-9-15(4)11-16/h5-11H,1-4H3/q+1. The second kappa shape index (κ2) is 4.94. The fraction of sp³-hybridized carbons (Fsp3) is 0.357. The van der Waals surface area contributed by atoms with Crippen molar-refractivity contribution in [1.29, 1.82) is 0 Å². The quantitative estimate of drug-likeness (QED) is 0.811. The fourth-order valence-corrected chi connectivity index (χ4v) is 2.64. The Balaban J connectivity index is 2.22. The molecule has 0 aliphatic rings. The minimum Gasteiger partial charge on any atom is -0.351 e. The number of rotatable bonds is 3. The highest BCUT2D eigenvalue weighted by Crippen LogP contribution is 2.24. The SMILES string of the molecule is C[n+]1ccn(S(=O)(=O)Oc2ccc(C(C)(C)C)cc2)c1. The molecule has 20 heavy (non-hydrogen) atoms. The summed E-state index contributed by atoms with van der Waals surface area (Å²) in [6.45, 7) is 6.29. The maximum absolute atomic E-state index is 12.0. The lowest BCUT2D eigenvalue weighted by molar-refractivity contribution is -0.670. The molecule has 0 aliphatic carbocycles. The maximum atomic E-state index is 12.0. The van der Waals surface area contributed by atoms with Crippen LogP contribution in [0.25, 0.3) is 0 Å². The Morgan fingerprint density at radius 3 is 2.20 bits per heavy atom. The number of aromatic nitrogens is 2. The summed E-state index contributed by atoms with van der Waals surface area (Å²) in [7, 11) is -2.10. The van der Waals surface area contributed by atoms with Crippen LogP contribution < -0.4 is 8.75 Å². The zero-order chi connectivity index (χ0) is 15.0. The van der Waals surface area contributed by atoms with Crippen molar-refractivity contribution in [2.75, 3.05) is 0 Å². The first kappa shape index (κ1) is 14.6. The van der Waals surface area contributed by atoms with Crippen LogP contribution in [0.4, 0.5) is 0 Å². The first-order valence-electron chi connectivity index (χ1n) is 6.27. The molecular formula is C14H19N2O3S+. The predicted octanol–water partition coefficient (Wildman–Crippen LogP) is 1.78. The second-order valence-electron chi connectivity index (χ2n) is 5.72. The van der Waals surface area contributed by atoms with Crippen LogP contribution in [0.3, 0.4) is 0 Å². The molecule has 0 aliphatic heterocycles. The van der Waals surface area contributed by atoms with Crippen molar-refractivity contribution >= 4 is 10.3 Å². The van der Waals surface area contributed by atoms with Gasteiger partial charge in [-0.1, -0.05) is 36.9 Å². The lowest BCUT2D eigenvalue weighted by Crippen LogP contribution is -2.26. The molecule has 0 saturated heterocycles. The van der Waals surface area contributed by atoms with Gasteiger partial charge in [0.05, 0.1) is 7.05 Å². The van der Waals surface area contributed by atoms with E-state index in [1.807, 2.05) is 12.1 Å². The van der Waals surface area contributed by atoms with E-state index in [1.54, 1.807) is 29.9 Å². The molecule has 6 heteroatoms. The number of hydrogen-bond acceptors (Lipinski definition) is 3. The van der Waals surface area contributed by atoms with Crippen molar-refractivity contribution in [2.24, 2.45) is 7.05 Å². The molecule has 0 saturated carbocycles. The van der Waals surface area contributed by atoms with Gasteiger partial charge in [0.25, 0.3) is 6.33 Å². The zero-order valence-corrected chi connectivity index (χ0v) is 12.9. The molecule has 0 N–H and O–H groups in total. The van der Waals surface area contributed by atoms with Crippen LogP contribution in [0, 0.1) is 0 Å². The van der Waals surface area contributed by atoms with Crippen molar-refractivity contribution in [3.63, 3.8) is 0 Å². The molecule has 1 aromatic heterocycles. The molecule has 0 spiro atoms. The van der Waals surface area contributed by atoms with E-state index in [9.17, 15) is 8.42 Å². The van der Waals surface area contributed by atoms with Gasteiger partial charge in [0, 0.05) is 0 Å². The van der Waals surface area contributed by atoms with Crippen LogP contribution in [0.2, 0.25) is 0 Å². The lowest BCUT2D eigenvalue weighted by atomic mass is 9.87. The summed E-state index contributed by atoms with van der Waals surface area (Å²) in [6.07, 6.45) is 4.49. The van der Waals surface area contributed by atoms with E-state index in [0.717, 1.165) is 9.54 Å². The molecule has 1 aromatic carbocycles. The molecule has 0 bridgehead atoms. The molecule has 0 unspecified atom stereocenters. The molecule has 5 nitrogen and oxygen atoms in total. The van der Waals surface area contributed by atoms with Crippen LogP contribution in [0.15, 0.2) is 43.0 Å². The van der Waals surface area contributed by atoms with Gasteiger partial charge in [0.15, 0.2) is 6.20 Å². The van der Waals surface area contributed by atoms with E-state index in [2.05, 4.69) is 20.8 Å². The molecule has 2 rings (SSSR count). The topological polar surface area (TPSA) is 52.2 Å². The van der Waals surface area contributed by atoms with Gasteiger partial charge in [-0.2, -0.15) is 0 Å². The van der Waals surface area contributed by atoms with Gasteiger partial charge in [-0.3, -0.25) is 0 Å². The summed E-state index contributed by atoms with van der Waals surface area (Å²) >= 11 is 0. The van der Waals surface area contributed by atoms with E-state index in [0.29, 0.717) is 5.75 Å². The molecule has 0 fully saturated rings. The summed E-state index contributed by atoms with van der Waals surface area (Å²) in [5.74, 6) is 0.300. The van der Waals surface area contributed by atoms with Crippen LogP contribution in [0.5, 0.6) is 5.75 Å². The Morgan fingerprint density at radius 1 is 1.15 bits per heavy atom. The highest BCUT2D eigenvalue weighted by Gasteiger charge is 2.22. The monoisotopic (exact) mass is 295 g/mol. The van der Waals surface area contributed by atoms with Gasteiger partial charge in [-0.15, -0.1) is 8.42 Å². The third-order valence-electron chi connectivity index (χ3n) is 2.92. The number of hydrogen-bond donors (Lipinski definition) is 0. The third-order valence-corrected chi connectivity index (χ3v) is 4.06. The van der Waals surface area contributed by atoms with E-state index >= 15 is 0 Å². The molecular weight excluding hydrogens is 276 g/mol. The fourth-order valence-electron chi connectivity index (χ4n) is 1.73. The Kier molecular flexibility index (Phi) is 3.60. The van der Waals surface area contributed by atoms with Crippen molar-refractivity contribution in [1.82, 2.24) is 3.97 Å². The van der Waals surface area contributed by atoms with Gasteiger partial charge in [-0.05, 0) is 23.1 Å². The molecule has 2 aromatic rings. The van der Waals surface area contributed by atoms with E-state index in [4.69, 9.17) is 4.18 Å². The smallest absolute Gasteiger partial charge is 0.351 e. The minimum atomic E-state index is -3.84. The number of aryl methyl sites for hydroxylation is 1. The summed E-state index contributed by atoms with van der Waals surface area (Å²) < 4.78 is 31.8. The molecule has 108 valence electrons. The Morgan fingerprint density at radius 2 is 1.75 bits per heavy atom. The van der Waals surface area contributed by atoms with Crippen LogP contribution in [-0.4, -0.2) is 12.4 Å². The minimum absolute atomic E-state index is 0.0194. The van der Waals surface area contributed by atoms with E-state index in [-0.39, 0.29) is 5.41 Å². The van der Waals surface area contributed by atoms with Gasteiger partial charge in [-0.25, -0.2) is 4.57 Å². The first-order valence-corrected chi connectivity index (χ1v) is 7.64. The van der Waals surface area contributed by atoms with Crippen molar-refractivity contribution in [2.45, 2.75) is 26.2 Å². The summed E-state index contributed by atoms with van der Waals surface area (Å²) in [6, 6.07) is 7.09. The predicted molar refractivity (Wildman–Crippen MR) is 75.7 cm³/mol. The normalized spacial score (nSPS) is 12.4. The Hall–Kier alpha value is -1.82. The Labute approximate surface area is 119 Å². The van der Waals surface area contributed by atoms with Gasteiger partial charge in [0.1, 0.15) is 11.9 Å². The number of imidazole rings is 1. The van der Waals surface area contributed by atoms with E-state index in [1.165, 1.54) is 12.5 Å². The van der Waals surface area contributed by atoms with Crippen LogP contribution in [-0.2, 0) is 22.8 Å². The second-order valence-corrected chi connectivity index (χ2v) is 7.17. The van der Waals surface area contributed by atoms with Crippen molar-refractivity contribution in [3.8, 4) is 5.75 Å². The third kappa shape index (κ3) is 3.19. The average Bonchev–Trinajstić information content (AvgIpc) is 2.76. The summed E-state index contributed by atoms with van der Waals surface area (Å²) in [5.41, 5.74) is 1.14. The summed E-state index contributed by atoms with van der Waals surface area (Å²) in [5, 5.41) is 0. The van der Waals surface area contributed by atoms with Crippen molar-refractivity contribution in [3.05, 3.63) is 48.5 Å². The Bertz CT molecular complexity index is 695. The largest absolute Gasteiger partial charge is 0.491 e. The summed E-state index contributed by atoms with van der Waals surface area (Å²) in [4.78, 5) is 0. The van der Waals surface area contributed by atoms with E-state index < -0.39 is 10.3 Å². The maximum Gasteiger partial charge on any atom is 0.491 e. The highest BCUT2D eigenvalue weighted by molar-refractivity contribution is 7.85. The van der Waals surface area contributed by atoms with Gasteiger partial charge in [0.2, 0.25) is 0 Å². The molecule has 1 heterocycles. The molecule has 0 atom stereocenters. The highest BCUT2D eigenvalue weighted by atomic mass is 32.2. The lowest BCUT2D eigenvalue weighted by Gasteiger charge is -2.18. The van der Waals surface area contributed by atoms with Crippen LogP contribution >= 0.6 is 0 Å². The average molecular weight is 295 g/mol.